The maximum absolute atomic E-state index is 4.86. The van der Waals surface area contributed by atoms with E-state index in [-0.39, 0.29) is 20.4 Å². The van der Waals surface area contributed by atoms with Crippen molar-refractivity contribution in [3.63, 3.8) is 0 Å². The molecular weight excluding hydrogens is 507 g/mol. The average Bonchev–Trinajstić information content (AvgIpc) is 2.83. The van der Waals surface area contributed by atoms with Gasteiger partial charge in [-0.1, -0.05) is 65.5 Å². The summed E-state index contributed by atoms with van der Waals surface area (Å²) in [6, 6.07) is 13.5. The van der Waals surface area contributed by atoms with Crippen molar-refractivity contribution in [3.05, 3.63) is 58.7 Å². The maximum Gasteiger partial charge on any atom is 0.0636 e. The standard InChI is InChI=1S/C31H46N2.Pd/c1-6-10-14-26-18-20-30(22-28(26)16-12-8-3)32-24-25(5)33-31-21-19-27(15-11-7-2)29(23-31)17-13-9-4;/h18-24H,6-17H2,1-5H3;. The molecule has 0 heterocycles. The van der Waals surface area contributed by atoms with Crippen LogP contribution in [0.2, 0.25) is 0 Å². The quantitative estimate of drug-likeness (QED) is 0.155. The molecule has 0 N–H and O–H groups in total. The van der Waals surface area contributed by atoms with E-state index in [1.54, 1.807) is 0 Å². The van der Waals surface area contributed by atoms with Gasteiger partial charge in [0.2, 0.25) is 0 Å². The molecule has 2 aromatic carbocycles. The molecule has 2 nitrogen and oxygen atoms in total. The monoisotopic (exact) mass is 552 g/mol. The number of aryl methyl sites for hydroxylation is 4. The number of aliphatic imine (C=N–C) groups is 2. The summed E-state index contributed by atoms with van der Waals surface area (Å²) in [6.45, 7) is 11.1. The minimum atomic E-state index is 0. The fraction of sp³-hybridized carbons (Fsp3) is 0.548. The van der Waals surface area contributed by atoms with Crippen molar-refractivity contribution in [2.45, 2.75) is 112 Å². The number of benzene rings is 2. The van der Waals surface area contributed by atoms with Gasteiger partial charge in [0.25, 0.3) is 0 Å². The van der Waals surface area contributed by atoms with Gasteiger partial charge in [-0.15, -0.1) is 0 Å². The molecule has 0 aliphatic carbocycles. The second-order valence-corrected chi connectivity index (χ2v) is 9.33. The number of hydrogen-bond donors (Lipinski definition) is 0. The van der Waals surface area contributed by atoms with Crippen molar-refractivity contribution in [2.24, 2.45) is 9.98 Å². The molecule has 0 bridgehead atoms. The Labute approximate surface area is 223 Å². The van der Waals surface area contributed by atoms with E-state index in [2.05, 4.69) is 64.1 Å². The van der Waals surface area contributed by atoms with Crippen LogP contribution in [0.4, 0.5) is 11.4 Å². The van der Waals surface area contributed by atoms with Crippen molar-refractivity contribution in [1.29, 1.82) is 0 Å². The molecule has 0 amide bonds. The zero-order valence-corrected chi connectivity index (χ0v) is 23.8. The smallest absolute Gasteiger partial charge is 0.0636 e. The average molecular weight is 553 g/mol. The Bertz CT molecular complexity index is 898. The van der Waals surface area contributed by atoms with E-state index in [4.69, 9.17) is 9.98 Å². The molecule has 0 spiro atoms. The first-order chi connectivity index (χ1) is 16.1. The fourth-order valence-corrected chi connectivity index (χ4v) is 4.20. The Morgan fingerprint density at radius 2 is 1.03 bits per heavy atom. The molecule has 0 radical (unpaired) electrons. The topological polar surface area (TPSA) is 24.7 Å². The zero-order valence-electron chi connectivity index (χ0n) is 22.2. The van der Waals surface area contributed by atoms with E-state index in [1.165, 1.54) is 86.5 Å². The Kier molecular flexibility index (Phi) is 16.0. The van der Waals surface area contributed by atoms with Crippen molar-refractivity contribution < 1.29 is 20.4 Å². The third kappa shape index (κ3) is 10.8. The molecule has 0 aliphatic heterocycles. The Morgan fingerprint density at radius 3 is 1.50 bits per heavy atom. The van der Waals surface area contributed by atoms with Gasteiger partial charge in [0.15, 0.2) is 0 Å². The van der Waals surface area contributed by atoms with Crippen LogP contribution in [-0.2, 0) is 46.1 Å². The molecule has 2 aromatic rings. The van der Waals surface area contributed by atoms with Crippen LogP contribution in [0.15, 0.2) is 46.4 Å². The summed E-state index contributed by atoms with van der Waals surface area (Å²) >= 11 is 0. The molecule has 0 aromatic heterocycles. The molecule has 0 fully saturated rings. The van der Waals surface area contributed by atoms with Crippen molar-refractivity contribution >= 4 is 23.3 Å². The first kappa shape index (κ1) is 30.5. The number of rotatable bonds is 15. The second kappa shape index (κ2) is 17.8. The van der Waals surface area contributed by atoms with Gasteiger partial charge in [0.1, 0.15) is 0 Å². The summed E-state index contributed by atoms with van der Waals surface area (Å²) < 4.78 is 0. The number of unbranched alkanes of at least 4 members (excludes halogenated alkanes) is 4. The minimum absolute atomic E-state index is 0. The first-order valence-corrected chi connectivity index (χ1v) is 13.4. The van der Waals surface area contributed by atoms with E-state index in [0.717, 1.165) is 29.9 Å². The molecule has 34 heavy (non-hydrogen) atoms. The normalized spacial score (nSPS) is 11.7. The predicted molar refractivity (Wildman–Crippen MR) is 148 cm³/mol. The van der Waals surface area contributed by atoms with Crippen LogP contribution in [0, 0.1) is 0 Å². The fourth-order valence-electron chi connectivity index (χ4n) is 4.20. The van der Waals surface area contributed by atoms with Gasteiger partial charge in [-0.25, -0.2) is 0 Å². The number of nitrogens with zero attached hydrogens (tertiary/aromatic N) is 2. The first-order valence-electron chi connectivity index (χ1n) is 13.4. The summed E-state index contributed by atoms with van der Waals surface area (Å²) in [5.41, 5.74) is 8.97. The Hall–Kier alpha value is -1.56. The van der Waals surface area contributed by atoms with E-state index in [1.807, 2.05) is 13.1 Å². The van der Waals surface area contributed by atoms with Gasteiger partial charge in [0.05, 0.1) is 17.1 Å². The molecule has 0 aliphatic rings. The van der Waals surface area contributed by atoms with Crippen LogP contribution in [-0.4, -0.2) is 11.9 Å². The van der Waals surface area contributed by atoms with Gasteiger partial charge in [-0.3, -0.25) is 9.98 Å². The van der Waals surface area contributed by atoms with Crippen molar-refractivity contribution in [2.75, 3.05) is 0 Å². The van der Waals surface area contributed by atoms with Crippen LogP contribution in [0.5, 0.6) is 0 Å². The van der Waals surface area contributed by atoms with Crippen molar-refractivity contribution in [1.82, 2.24) is 0 Å². The molecular formula is C31H46N2Pd. The molecule has 190 valence electrons. The third-order valence-electron chi connectivity index (χ3n) is 6.28. The molecule has 0 unspecified atom stereocenters. The zero-order chi connectivity index (χ0) is 23.9. The van der Waals surface area contributed by atoms with Gasteiger partial charge >= 0.3 is 0 Å². The van der Waals surface area contributed by atoms with E-state index in [9.17, 15) is 0 Å². The predicted octanol–water partition coefficient (Wildman–Crippen LogP) is 9.55. The van der Waals surface area contributed by atoms with Gasteiger partial charge in [-0.05, 0) is 105 Å². The molecule has 3 heteroatoms. The van der Waals surface area contributed by atoms with Crippen LogP contribution in [0.25, 0.3) is 0 Å². The van der Waals surface area contributed by atoms with Crippen LogP contribution in [0.1, 0.15) is 108 Å². The molecule has 2 rings (SSSR count). The van der Waals surface area contributed by atoms with E-state index >= 15 is 0 Å². The van der Waals surface area contributed by atoms with E-state index in [0.29, 0.717) is 0 Å². The summed E-state index contributed by atoms with van der Waals surface area (Å²) in [6.07, 6.45) is 16.5. The van der Waals surface area contributed by atoms with Crippen molar-refractivity contribution in [3.8, 4) is 0 Å². The molecule has 0 saturated carbocycles. The third-order valence-corrected chi connectivity index (χ3v) is 6.28. The van der Waals surface area contributed by atoms with Crippen LogP contribution in [0.3, 0.4) is 0 Å². The van der Waals surface area contributed by atoms with Gasteiger partial charge < -0.3 is 0 Å². The van der Waals surface area contributed by atoms with Gasteiger partial charge in [0, 0.05) is 26.6 Å². The SMILES string of the molecule is CCCCc1ccc(N=CC(C)=Nc2ccc(CCCC)c(CCCC)c2)cc1CCCC.[Pd]. The molecule has 0 atom stereocenters. The second-order valence-electron chi connectivity index (χ2n) is 9.33. The minimum Gasteiger partial charge on any atom is -0.255 e. The number of hydrogen-bond acceptors (Lipinski definition) is 2. The Morgan fingerprint density at radius 1 is 0.618 bits per heavy atom. The van der Waals surface area contributed by atoms with Gasteiger partial charge in [-0.2, -0.15) is 0 Å². The summed E-state index contributed by atoms with van der Waals surface area (Å²) in [5, 5.41) is 0. The largest absolute Gasteiger partial charge is 0.255 e. The summed E-state index contributed by atoms with van der Waals surface area (Å²) in [7, 11) is 0. The maximum atomic E-state index is 4.86. The van der Waals surface area contributed by atoms with Crippen LogP contribution >= 0.6 is 0 Å². The van der Waals surface area contributed by atoms with Crippen LogP contribution < -0.4 is 0 Å². The Balaban J connectivity index is 0.00000578. The molecule has 0 saturated heterocycles. The summed E-state index contributed by atoms with van der Waals surface area (Å²) in [5.74, 6) is 0. The summed E-state index contributed by atoms with van der Waals surface area (Å²) in [4.78, 5) is 9.63. The van der Waals surface area contributed by atoms with E-state index < -0.39 is 0 Å².